The minimum atomic E-state index is -0.395. The number of ether oxygens (including phenoxy) is 1. The zero-order valence-electron chi connectivity index (χ0n) is 13.0. The van der Waals surface area contributed by atoms with Gasteiger partial charge in [0.15, 0.2) is 0 Å². The number of hydrogen-bond donors (Lipinski definition) is 0. The summed E-state index contributed by atoms with van der Waals surface area (Å²) in [4.78, 5) is 12.0. The van der Waals surface area contributed by atoms with E-state index in [1.807, 2.05) is 30.3 Å². The van der Waals surface area contributed by atoms with Crippen molar-refractivity contribution in [2.45, 2.75) is 46.1 Å². The van der Waals surface area contributed by atoms with E-state index in [4.69, 9.17) is 4.74 Å². The number of carbonyl (C=O) groups excluding carboxylic acids is 1. The summed E-state index contributed by atoms with van der Waals surface area (Å²) >= 11 is 0. The van der Waals surface area contributed by atoms with Crippen molar-refractivity contribution in [1.82, 2.24) is 0 Å². The molecular weight excluding hydrogens is 260 g/mol. The van der Waals surface area contributed by atoms with Crippen LogP contribution < -0.4 is 0 Å². The van der Waals surface area contributed by atoms with Gasteiger partial charge in [-0.05, 0) is 42.7 Å². The highest BCUT2D eigenvalue weighted by Gasteiger charge is 2.62. The first-order valence-corrected chi connectivity index (χ1v) is 7.71. The lowest BCUT2D eigenvalue weighted by Gasteiger charge is -2.38. The Morgan fingerprint density at radius 3 is 2.52 bits per heavy atom. The van der Waals surface area contributed by atoms with Crippen molar-refractivity contribution in [2.75, 3.05) is 0 Å². The normalized spacial score (nSPS) is 32.3. The van der Waals surface area contributed by atoms with Gasteiger partial charge in [0.1, 0.15) is 6.10 Å². The first kappa shape index (κ1) is 14.2. The van der Waals surface area contributed by atoms with Crippen LogP contribution in [0.25, 0.3) is 0 Å². The second-order valence-electron chi connectivity index (χ2n) is 7.12. The third-order valence-electron chi connectivity index (χ3n) is 6.05. The molecule has 0 spiro atoms. The number of fused-ring (bicyclic) bond motifs is 2. The molecule has 0 amide bonds. The molecule has 0 aliphatic heterocycles. The Morgan fingerprint density at radius 2 is 1.95 bits per heavy atom. The fraction of sp³-hybridized carbons (Fsp3) is 0.526. The fourth-order valence-electron chi connectivity index (χ4n) is 4.11. The molecule has 0 saturated heterocycles. The van der Waals surface area contributed by atoms with Gasteiger partial charge < -0.3 is 4.74 Å². The van der Waals surface area contributed by atoms with Crippen LogP contribution in [0.3, 0.4) is 0 Å². The van der Waals surface area contributed by atoms with Crippen LogP contribution in [0.15, 0.2) is 30.3 Å². The summed E-state index contributed by atoms with van der Waals surface area (Å²) in [5.41, 5.74) is 1.20. The molecule has 2 aliphatic carbocycles. The molecular formula is C19H22O2. The molecule has 1 aromatic rings. The molecule has 2 bridgehead atoms. The van der Waals surface area contributed by atoms with Crippen LogP contribution in [0.4, 0.5) is 0 Å². The minimum absolute atomic E-state index is 0.0174. The molecule has 2 nitrogen and oxygen atoms in total. The molecule has 3 rings (SSSR count). The molecule has 0 N–H and O–H groups in total. The summed E-state index contributed by atoms with van der Waals surface area (Å²) < 4.78 is 5.69. The van der Waals surface area contributed by atoms with Crippen LogP contribution in [-0.2, 0) is 9.53 Å². The van der Waals surface area contributed by atoms with Gasteiger partial charge in [-0.1, -0.05) is 44.9 Å². The summed E-state index contributed by atoms with van der Waals surface area (Å²) in [5, 5.41) is 0. The van der Waals surface area contributed by atoms with Gasteiger partial charge in [0.2, 0.25) is 0 Å². The van der Waals surface area contributed by atoms with Crippen molar-refractivity contribution < 1.29 is 9.53 Å². The molecule has 0 heterocycles. The number of hydrogen-bond acceptors (Lipinski definition) is 2. The van der Waals surface area contributed by atoms with E-state index in [0.29, 0.717) is 5.92 Å². The van der Waals surface area contributed by atoms with Crippen LogP contribution in [-0.4, -0.2) is 12.1 Å². The first-order valence-electron chi connectivity index (χ1n) is 7.71. The lowest BCUT2D eigenvalue weighted by Crippen LogP contribution is -2.38. The molecule has 21 heavy (non-hydrogen) atoms. The zero-order valence-corrected chi connectivity index (χ0v) is 13.0. The molecule has 2 heteroatoms. The molecule has 1 aromatic carbocycles. The van der Waals surface area contributed by atoms with Gasteiger partial charge in [0, 0.05) is 16.9 Å². The van der Waals surface area contributed by atoms with Crippen LogP contribution >= 0.6 is 0 Å². The molecule has 2 fully saturated rings. The van der Waals surface area contributed by atoms with E-state index in [0.717, 1.165) is 18.4 Å². The maximum absolute atomic E-state index is 12.0. The van der Waals surface area contributed by atoms with Gasteiger partial charge >= 0.3 is 5.97 Å². The Morgan fingerprint density at radius 1 is 1.24 bits per heavy atom. The van der Waals surface area contributed by atoms with Crippen molar-refractivity contribution in [3.63, 3.8) is 0 Å². The van der Waals surface area contributed by atoms with Gasteiger partial charge in [-0.25, -0.2) is 4.79 Å². The van der Waals surface area contributed by atoms with Crippen molar-refractivity contribution in [3.05, 3.63) is 35.9 Å². The summed E-state index contributed by atoms with van der Waals surface area (Å²) in [6.07, 6.45) is 3.41. The van der Waals surface area contributed by atoms with Crippen LogP contribution in [0, 0.1) is 28.6 Å². The van der Waals surface area contributed by atoms with Crippen molar-refractivity contribution >= 4 is 5.97 Å². The Hall–Kier alpha value is -1.75. The maximum atomic E-state index is 12.0. The molecule has 0 radical (unpaired) electrons. The second kappa shape index (κ2) is 4.91. The van der Waals surface area contributed by atoms with Crippen LogP contribution in [0.5, 0.6) is 0 Å². The number of benzene rings is 1. The smallest absolute Gasteiger partial charge is 0.385 e. The number of esters is 1. The Bertz CT molecular complexity index is 605. The largest absolute Gasteiger partial charge is 0.452 e. The second-order valence-corrected chi connectivity index (χ2v) is 7.12. The number of carbonyl (C=O) groups is 1. The van der Waals surface area contributed by atoms with E-state index in [9.17, 15) is 4.79 Å². The van der Waals surface area contributed by atoms with E-state index < -0.39 is 5.97 Å². The summed E-state index contributed by atoms with van der Waals surface area (Å²) in [6, 6.07) is 9.54. The highest BCUT2D eigenvalue weighted by molar-refractivity contribution is 5.89. The van der Waals surface area contributed by atoms with E-state index in [-0.39, 0.29) is 16.9 Å². The average molecular weight is 282 g/mol. The van der Waals surface area contributed by atoms with Gasteiger partial charge in [-0.3, -0.25) is 0 Å². The molecule has 110 valence electrons. The van der Waals surface area contributed by atoms with Gasteiger partial charge in [-0.2, -0.15) is 0 Å². The lowest BCUT2D eigenvalue weighted by molar-refractivity contribution is -0.149. The highest BCUT2D eigenvalue weighted by atomic mass is 16.5. The summed E-state index contributed by atoms with van der Waals surface area (Å²) in [7, 11) is 0. The maximum Gasteiger partial charge on any atom is 0.385 e. The predicted molar refractivity (Wildman–Crippen MR) is 82.4 cm³/mol. The molecule has 3 atom stereocenters. The van der Waals surface area contributed by atoms with Crippen LogP contribution in [0.2, 0.25) is 0 Å². The topological polar surface area (TPSA) is 26.3 Å². The SMILES string of the molecule is CC1(C)C2CCC1(C)[C@H](OC(=O)C#Cc1ccccc1)C2. The van der Waals surface area contributed by atoms with E-state index in [2.05, 4.69) is 32.6 Å². The predicted octanol–water partition coefficient (Wildman–Crippen LogP) is 3.80. The highest BCUT2D eigenvalue weighted by Crippen LogP contribution is 2.66. The van der Waals surface area contributed by atoms with Crippen LogP contribution in [0.1, 0.15) is 45.6 Å². The molecule has 2 unspecified atom stereocenters. The standard InChI is InChI=1S/C19H22O2/c1-18(2)15-11-12-19(18,3)16(13-15)21-17(20)10-9-14-7-5-4-6-8-14/h4-8,15-16H,11-13H2,1-3H3/t15?,16-,19?/m1/s1. The van der Waals surface area contributed by atoms with E-state index in [1.165, 1.54) is 6.42 Å². The zero-order chi connectivity index (χ0) is 15.1. The average Bonchev–Trinajstić information content (AvgIpc) is 2.79. The van der Waals surface area contributed by atoms with E-state index in [1.54, 1.807) is 0 Å². The first-order chi connectivity index (χ1) is 9.93. The fourth-order valence-corrected chi connectivity index (χ4v) is 4.11. The molecule has 2 saturated carbocycles. The van der Waals surface area contributed by atoms with Gasteiger partial charge in [0.05, 0.1) is 0 Å². The summed E-state index contributed by atoms with van der Waals surface area (Å²) in [6.45, 7) is 6.89. The minimum Gasteiger partial charge on any atom is -0.452 e. The Kier molecular flexibility index (Phi) is 3.32. The van der Waals surface area contributed by atoms with Crippen molar-refractivity contribution in [1.29, 1.82) is 0 Å². The summed E-state index contributed by atoms with van der Waals surface area (Å²) in [5.74, 6) is 5.76. The Labute approximate surface area is 126 Å². The van der Waals surface area contributed by atoms with Gasteiger partial charge in [-0.15, -0.1) is 0 Å². The monoisotopic (exact) mass is 282 g/mol. The van der Waals surface area contributed by atoms with Crippen molar-refractivity contribution in [2.24, 2.45) is 16.7 Å². The lowest BCUT2D eigenvalue weighted by atomic mass is 9.70. The van der Waals surface area contributed by atoms with Gasteiger partial charge in [0.25, 0.3) is 0 Å². The van der Waals surface area contributed by atoms with E-state index >= 15 is 0 Å². The number of rotatable bonds is 1. The molecule has 0 aromatic heterocycles. The third-order valence-corrected chi connectivity index (χ3v) is 6.05. The Balaban J connectivity index is 1.69. The molecule has 2 aliphatic rings. The van der Waals surface area contributed by atoms with Crippen molar-refractivity contribution in [3.8, 4) is 11.8 Å². The quantitative estimate of drug-likeness (QED) is 0.578. The third kappa shape index (κ3) is 2.25.